The third kappa shape index (κ3) is 3.33. The number of fused-ring (bicyclic) bond motifs is 1. The molecule has 1 aromatic carbocycles. The first-order chi connectivity index (χ1) is 11.2. The zero-order valence-electron chi connectivity index (χ0n) is 13.3. The molecule has 0 fully saturated rings. The second kappa shape index (κ2) is 6.77. The molecule has 1 N–H and O–H groups in total. The van der Waals surface area contributed by atoms with Crippen molar-refractivity contribution in [1.82, 2.24) is 15.1 Å². The minimum absolute atomic E-state index is 0.190. The Morgan fingerprint density at radius 1 is 1.26 bits per heavy atom. The van der Waals surface area contributed by atoms with Crippen molar-refractivity contribution in [2.45, 2.75) is 32.1 Å². The molecule has 5 nitrogen and oxygen atoms in total. The summed E-state index contributed by atoms with van der Waals surface area (Å²) in [5.41, 5.74) is 1.54. The number of carbonyl (C=O) groups is 1. The molecule has 0 atom stereocenters. The van der Waals surface area contributed by atoms with E-state index in [9.17, 15) is 9.59 Å². The molecule has 1 aliphatic rings. The zero-order valence-corrected chi connectivity index (χ0v) is 13.3. The van der Waals surface area contributed by atoms with Crippen LogP contribution in [0.2, 0.25) is 0 Å². The molecule has 1 amide bonds. The first-order valence-electron chi connectivity index (χ1n) is 8.09. The van der Waals surface area contributed by atoms with E-state index < -0.39 is 0 Å². The highest BCUT2D eigenvalue weighted by atomic mass is 16.2. The molecule has 0 spiro atoms. The first-order valence-corrected chi connectivity index (χ1v) is 8.09. The largest absolute Gasteiger partial charge is 0.350 e. The average molecular weight is 311 g/mol. The first kappa shape index (κ1) is 15.5. The van der Waals surface area contributed by atoms with Gasteiger partial charge < -0.3 is 5.32 Å². The molecule has 23 heavy (non-hydrogen) atoms. The van der Waals surface area contributed by atoms with E-state index in [2.05, 4.69) is 16.5 Å². The third-order valence-electron chi connectivity index (χ3n) is 4.29. The van der Waals surface area contributed by atoms with Crippen LogP contribution in [-0.2, 0) is 7.05 Å². The molecular weight excluding hydrogens is 290 g/mol. The summed E-state index contributed by atoms with van der Waals surface area (Å²) < 4.78 is 1.22. The van der Waals surface area contributed by atoms with E-state index >= 15 is 0 Å². The van der Waals surface area contributed by atoms with Gasteiger partial charge in [0.2, 0.25) is 0 Å². The molecule has 120 valence electrons. The normalized spacial score (nSPS) is 14.6. The molecule has 1 heterocycles. The second-order valence-electron chi connectivity index (χ2n) is 5.94. The summed E-state index contributed by atoms with van der Waals surface area (Å²) in [6.07, 6.45) is 7.97. The van der Waals surface area contributed by atoms with Gasteiger partial charge in [0.05, 0.1) is 5.39 Å². The van der Waals surface area contributed by atoms with Gasteiger partial charge in [0.25, 0.3) is 11.5 Å². The highest BCUT2D eigenvalue weighted by Crippen LogP contribution is 2.19. The molecule has 5 heteroatoms. The SMILES string of the molecule is Cn1nc(C(=O)NCCC2=CCCCC2)c2ccccc2c1=O. The number of rotatable bonds is 4. The monoisotopic (exact) mass is 311 g/mol. The lowest BCUT2D eigenvalue weighted by Crippen LogP contribution is -2.30. The number of nitrogens with zero attached hydrogens (tertiary/aromatic N) is 2. The van der Waals surface area contributed by atoms with Crippen LogP contribution in [0.5, 0.6) is 0 Å². The van der Waals surface area contributed by atoms with Gasteiger partial charge in [0.1, 0.15) is 0 Å². The van der Waals surface area contributed by atoms with Crippen molar-refractivity contribution in [2.24, 2.45) is 7.05 Å². The predicted octanol–water partition coefficient (Wildman–Crippen LogP) is 2.55. The van der Waals surface area contributed by atoms with E-state index in [0.29, 0.717) is 23.0 Å². The van der Waals surface area contributed by atoms with Crippen LogP contribution in [-0.4, -0.2) is 22.2 Å². The van der Waals surface area contributed by atoms with Gasteiger partial charge in [-0.2, -0.15) is 5.10 Å². The van der Waals surface area contributed by atoms with Crippen molar-refractivity contribution in [2.75, 3.05) is 6.54 Å². The van der Waals surface area contributed by atoms with E-state index in [1.807, 2.05) is 6.07 Å². The van der Waals surface area contributed by atoms with Crippen LogP contribution in [0.4, 0.5) is 0 Å². The Kier molecular flexibility index (Phi) is 4.55. The van der Waals surface area contributed by atoms with Crippen LogP contribution in [0.15, 0.2) is 40.7 Å². The lowest BCUT2D eigenvalue weighted by Gasteiger charge is -2.13. The lowest BCUT2D eigenvalue weighted by atomic mass is 9.97. The Hall–Kier alpha value is -2.43. The van der Waals surface area contributed by atoms with Crippen LogP contribution in [0.1, 0.15) is 42.6 Å². The minimum atomic E-state index is -0.229. The fourth-order valence-corrected chi connectivity index (χ4v) is 3.02. The van der Waals surface area contributed by atoms with Gasteiger partial charge in [-0.1, -0.05) is 29.8 Å². The van der Waals surface area contributed by atoms with Crippen molar-refractivity contribution >= 4 is 16.7 Å². The van der Waals surface area contributed by atoms with Gasteiger partial charge in [-0.25, -0.2) is 4.68 Å². The third-order valence-corrected chi connectivity index (χ3v) is 4.29. The number of amides is 1. The summed E-state index contributed by atoms with van der Waals surface area (Å²) in [7, 11) is 1.57. The second-order valence-corrected chi connectivity index (χ2v) is 5.94. The average Bonchev–Trinajstić information content (AvgIpc) is 2.59. The Morgan fingerprint density at radius 2 is 2.04 bits per heavy atom. The highest BCUT2D eigenvalue weighted by molar-refractivity contribution is 6.04. The highest BCUT2D eigenvalue weighted by Gasteiger charge is 2.15. The van der Waals surface area contributed by atoms with Crippen molar-refractivity contribution in [3.63, 3.8) is 0 Å². The number of aromatic nitrogens is 2. The van der Waals surface area contributed by atoms with Gasteiger partial charge in [0, 0.05) is 19.0 Å². The summed E-state index contributed by atoms with van der Waals surface area (Å²) >= 11 is 0. The smallest absolute Gasteiger partial charge is 0.274 e. The molecule has 0 saturated carbocycles. The van der Waals surface area contributed by atoms with Gasteiger partial charge >= 0.3 is 0 Å². The van der Waals surface area contributed by atoms with Crippen LogP contribution >= 0.6 is 0 Å². The number of nitrogens with one attached hydrogen (secondary N) is 1. The molecule has 3 rings (SSSR count). The van der Waals surface area contributed by atoms with E-state index in [0.717, 1.165) is 19.3 Å². The fourth-order valence-electron chi connectivity index (χ4n) is 3.02. The molecule has 0 unspecified atom stereocenters. The van der Waals surface area contributed by atoms with Crippen LogP contribution in [0.3, 0.4) is 0 Å². The molecule has 2 aromatic rings. The number of benzene rings is 1. The van der Waals surface area contributed by atoms with Gasteiger partial charge in [-0.05, 0) is 38.2 Å². The standard InChI is InChI=1S/C18H21N3O2/c1-21-18(23)15-10-6-5-9-14(15)16(20-21)17(22)19-12-11-13-7-3-2-4-8-13/h5-7,9-10H,2-4,8,11-12H2,1H3,(H,19,22). The lowest BCUT2D eigenvalue weighted by molar-refractivity contribution is 0.0949. The topological polar surface area (TPSA) is 64.0 Å². The fraction of sp³-hybridized carbons (Fsp3) is 0.389. The molecule has 0 saturated heterocycles. The molecule has 0 radical (unpaired) electrons. The summed E-state index contributed by atoms with van der Waals surface area (Å²) in [6, 6.07) is 7.10. The minimum Gasteiger partial charge on any atom is -0.350 e. The maximum absolute atomic E-state index is 12.5. The number of hydrogen-bond acceptors (Lipinski definition) is 3. The maximum atomic E-state index is 12.5. The van der Waals surface area contributed by atoms with Gasteiger partial charge in [0.15, 0.2) is 5.69 Å². The van der Waals surface area contributed by atoms with E-state index in [-0.39, 0.29) is 11.5 Å². The Balaban J connectivity index is 1.77. The van der Waals surface area contributed by atoms with Crippen LogP contribution in [0, 0.1) is 0 Å². The van der Waals surface area contributed by atoms with E-state index in [1.54, 1.807) is 25.2 Å². The summed E-state index contributed by atoms with van der Waals surface area (Å²) in [5.74, 6) is -0.229. The number of hydrogen-bond donors (Lipinski definition) is 1. The van der Waals surface area contributed by atoms with Crippen molar-refractivity contribution in [3.8, 4) is 0 Å². The molecule has 1 aliphatic carbocycles. The van der Waals surface area contributed by atoms with E-state index in [1.165, 1.54) is 23.1 Å². The quantitative estimate of drug-likeness (QED) is 0.883. The number of carbonyl (C=O) groups excluding carboxylic acids is 1. The summed E-state index contributed by atoms with van der Waals surface area (Å²) in [5, 5.41) is 8.19. The Morgan fingerprint density at radius 3 is 2.78 bits per heavy atom. The Bertz CT molecular complexity index is 821. The number of allylic oxidation sites excluding steroid dienone is 1. The molecule has 1 aromatic heterocycles. The van der Waals surface area contributed by atoms with Crippen LogP contribution in [0.25, 0.3) is 10.8 Å². The Labute approximate surface area is 135 Å². The molecule has 0 bridgehead atoms. The number of aryl methyl sites for hydroxylation is 1. The summed E-state index contributed by atoms with van der Waals surface area (Å²) in [4.78, 5) is 24.5. The predicted molar refractivity (Wildman–Crippen MR) is 90.5 cm³/mol. The van der Waals surface area contributed by atoms with Crippen LogP contribution < -0.4 is 10.9 Å². The molecule has 0 aliphatic heterocycles. The van der Waals surface area contributed by atoms with Crippen molar-refractivity contribution in [3.05, 3.63) is 52.0 Å². The van der Waals surface area contributed by atoms with Crippen molar-refractivity contribution in [1.29, 1.82) is 0 Å². The maximum Gasteiger partial charge on any atom is 0.274 e. The molecular formula is C18H21N3O2. The summed E-state index contributed by atoms with van der Waals surface area (Å²) in [6.45, 7) is 0.601. The zero-order chi connectivity index (χ0) is 16.2. The van der Waals surface area contributed by atoms with E-state index in [4.69, 9.17) is 0 Å². The van der Waals surface area contributed by atoms with Crippen molar-refractivity contribution < 1.29 is 4.79 Å². The van der Waals surface area contributed by atoms with Gasteiger partial charge in [-0.3, -0.25) is 9.59 Å². The van der Waals surface area contributed by atoms with Gasteiger partial charge in [-0.15, -0.1) is 0 Å².